The SMILES string of the molecule is O=C(CC1CCCNC1)NC1CCCCCC1. The minimum atomic E-state index is 0.283. The maximum absolute atomic E-state index is 12.0. The average molecular weight is 238 g/mol. The van der Waals surface area contributed by atoms with Gasteiger partial charge in [0.05, 0.1) is 0 Å². The lowest BCUT2D eigenvalue weighted by molar-refractivity contribution is -0.122. The third kappa shape index (κ3) is 4.66. The number of nitrogens with one attached hydrogen (secondary N) is 2. The van der Waals surface area contributed by atoms with E-state index in [-0.39, 0.29) is 5.91 Å². The van der Waals surface area contributed by atoms with Crippen LogP contribution in [0, 0.1) is 5.92 Å². The van der Waals surface area contributed by atoms with E-state index < -0.39 is 0 Å². The molecule has 0 aromatic heterocycles. The fraction of sp³-hybridized carbons (Fsp3) is 0.929. The van der Waals surface area contributed by atoms with Crippen LogP contribution in [0.4, 0.5) is 0 Å². The van der Waals surface area contributed by atoms with Crippen molar-refractivity contribution in [2.24, 2.45) is 5.92 Å². The van der Waals surface area contributed by atoms with E-state index >= 15 is 0 Å². The number of rotatable bonds is 3. The van der Waals surface area contributed by atoms with E-state index in [2.05, 4.69) is 10.6 Å². The maximum Gasteiger partial charge on any atom is 0.220 e. The van der Waals surface area contributed by atoms with Crippen LogP contribution in [-0.4, -0.2) is 25.0 Å². The van der Waals surface area contributed by atoms with E-state index in [1.807, 2.05) is 0 Å². The Hall–Kier alpha value is -0.570. The Morgan fingerprint density at radius 1 is 1.06 bits per heavy atom. The van der Waals surface area contributed by atoms with Crippen LogP contribution in [-0.2, 0) is 4.79 Å². The molecule has 98 valence electrons. The minimum absolute atomic E-state index is 0.283. The third-order valence-corrected chi connectivity index (χ3v) is 4.09. The zero-order valence-corrected chi connectivity index (χ0v) is 10.8. The highest BCUT2D eigenvalue weighted by molar-refractivity contribution is 5.76. The molecule has 2 N–H and O–H groups in total. The Balaban J connectivity index is 1.68. The Morgan fingerprint density at radius 3 is 2.47 bits per heavy atom. The highest BCUT2D eigenvalue weighted by Gasteiger charge is 2.19. The van der Waals surface area contributed by atoms with Crippen molar-refractivity contribution in [3.8, 4) is 0 Å². The topological polar surface area (TPSA) is 41.1 Å². The van der Waals surface area contributed by atoms with Gasteiger partial charge in [-0.3, -0.25) is 4.79 Å². The van der Waals surface area contributed by atoms with Crippen molar-refractivity contribution < 1.29 is 4.79 Å². The van der Waals surface area contributed by atoms with E-state index in [0.29, 0.717) is 12.0 Å². The van der Waals surface area contributed by atoms with Crippen molar-refractivity contribution in [1.29, 1.82) is 0 Å². The van der Waals surface area contributed by atoms with Crippen LogP contribution in [0.1, 0.15) is 57.8 Å². The van der Waals surface area contributed by atoms with Crippen molar-refractivity contribution in [2.75, 3.05) is 13.1 Å². The van der Waals surface area contributed by atoms with Crippen molar-refractivity contribution in [3.63, 3.8) is 0 Å². The van der Waals surface area contributed by atoms with Gasteiger partial charge in [-0.05, 0) is 44.7 Å². The molecule has 3 nitrogen and oxygen atoms in total. The monoisotopic (exact) mass is 238 g/mol. The molecule has 0 spiro atoms. The number of amides is 1. The summed E-state index contributed by atoms with van der Waals surface area (Å²) < 4.78 is 0. The van der Waals surface area contributed by atoms with Gasteiger partial charge in [0.1, 0.15) is 0 Å². The molecule has 1 saturated carbocycles. The lowest BCUT2D eigenvalue weighted by Crippen LogP contribution is -2.38. The van der Waals surface area contributed by atoms with Gasteiger partial charge in [0.15, 0.2) is 0 Å². The lowest BCUT2D eigenvalue weighted by atomic mass is 9.95. The summed E-state index contributed by atoms with van der Waals surface area (Å²) in [5.41, 5.74) is 0. The van der Waals surface area contributed by atoms with E-state index in [4.69, 9.17) is 0 Å². The van der Waals surface area contributed by atoms with Crippen LogP contribution in [0.2, 0.25) is 0 Å². The molecule has 3 heteroatoms. The summed E-state index contributed by atoms with van der Waals surface area (Å²) in [4.78, 5) is 12.0. The molecule has 1 amide bonds. The van der Waals surface area contributed by atoms with Crippen molar-refractivity contribution in [2.45, 2.75) is 63.8 Å². The predicted molar refractivity (Wildman–Crippen MR) is 69.8 cm³/mol. The second kappa shape index (κ2) is 7.00. The Morgan fingerprint density at radius 2 is 1.82 bits per heavy atom. The van der Waals surface area contributed by atoms with Gasteiger partial charge in [-0.1, -0.05) is 25.7 Å². The second-order valence-electron chi connectivity index (χ2n) is 5.67. The molecule has 2 fully saturated rings. The molecule has 1 saturated heterocycles. The molecule has 17 heavy (non-hydrogen) atoms. The molecule has 1 atom stereocenters. The molecule has 1 unspecified atom stereocenters. The summed E-state index contributed by atoms with van der Waals surface area (Å²) in [5.74, 6) is 0.847. The summed E-state index contributed by atoms with van der Waals surface area (Å²) in [6.07, 6.45) is 10.8. The van der Waals surface area contributed by atoms with E-state index in [1.54, 1.807) is 0 Å². The number of carbonyl (C=O) groups is 1. The molecule has 2 aliphatic rings. The molecular weight excluding hydrogens is 212 g/mol. The summed E-state index contributed by atoms with van der Waals surface area (Å²) >= 11 is 0. The smallest absolute Gasteiger partial charge is 0.220 e. The van der Waals surface area contributed by atoms with Crippen LogP contribution in [0.5, 0.6) is 0 Å². The van der Waals surface area contributed by atoms with Gasteiger partial charge in [0.25, 0.3) is 0 Å². The van der Waals surface area contributed by atoms with Crippen molar-refractivity contribution in [1.82, 2.24) is 10.6 Å². The summed E-state index contributed by atoms with van der Waals surface area (Å²) in [6, 6.07) is 0.460. The number of hydrogen-bond donors (Lipinski definition) is 2. The largest absolute Gasteiger partial charge is 0.353 e. The normalized spacial score (nSPS) is 27.4. The van der Waals surface area contributed by atoms with Gasteiger partial charge < -0.3 is 10.6 Å². The minimum Gasteiger partial charge on any atom is -0.353 e. The van der Waals surface area contributed by atoms with E-state index in [0.717, 1.165) is 19.5 Å². The van der Waals surface area contributed by atoms with Gasteiger partial charge in [0.2, 0.25) is 5.91 Å². The fourth-order valence-electron chi connectivity index (χ4n) is 3.07. The zero-order chi connectivity index (χ0) is 11.9. The Bertz CT molecular complexity index is 228. The fourth-order valence-corrected chi connectivity index (χ4v) is 3.07. The van der Waals surface area contributed by atoms with Crippen LogP contribution in [0.25, 0.3) is 0 Å². The first-order valence-electron chi connectivity index (χ1n) is 7.34. The molecular formula is C14H26N2O. The molecule has 0 radical (unpaired) electrons. The van der Waals surface area contributed by atoms with Crippen LogP contribution in [0.15, 0.2) is 0 Å². The first-order chi connectivity index (χ1) is 8.34. The number of piperidine rings is 1. The summed E-state index contributed by atoms with van der Waals surface area (Å²) in [5, 5.41) is 6.61. The van der Waals surface area contributed by atoms with Crippen LogP contribution >= 0.6 is 0 Å². The standard InChI is InChI=1S/C14H26N2O/c17-14(10-12-6-5-9-15-11-12)16-13-7-3-1-2-4-8-13/h12-13,15H,1-11H2,(H,16,17). The highest BCUT2D eigenvalue weighted by Crippen LogP contribution is 2.18. The third-order valence-electron chi connectivity index (χ3n) is 4.09. The van der Waals surface area contributed by atoms with Crippen molar-refractivity contribution >= 4 is 5.91 Å². The molecule has 2 rings (SSSR count). The first kappa shape index (κ1) is 12.9. The Labute approximate surface area is 105 Å². The zero-order valence-electron chi connectivity index (χ0n) is 10.8. The highest BCUT2D eigenvalue weighted by atomic mass is 16.1. The molecule has 0 aromatic carbocycles. The molecule has 1 aliphatic carbocycles. The van der Waals surface area contributed by atoms with Gasteiger partial charge in [-0.2, -0.15) is 0 Å². The molecule has 1 aliphatic heterocycles. The van der Waals surface area contributed by atoms with Gasteiger partial charge in [-0.25, -0.2) is 0 Å². The van der Waals surface area contributed by atoms with Gasteiger partial charge >= 0.3 is 0 Å². The van der Waals surface area contributed by atoms with E-state index in [1.165, 1.54) is 51.4 Å². The van der Waals surface area contributed by atoms with Gasteiger partial charge in [-0.15, -0.1) is 0 Å². The van der Waals surface area contributed by atoms with Crippen molar-refractivity contribution in [3.05, 3.63) is 0 Å². The van der Waals surface area contributed by atoms with Gasteiger partial charge in [0, 0.05) is 12.5 Å². The van der Waals surface area contributed by atoms with Crippen LogP contribution in [0.3, 0.4) is 0 Å². The number of carbonyl (C=O) groups excluding carboxylic acids is 1. The molecule has 0 aromatic rings. The summed E-state index contributed by atoms with van der Waals surface area (Å²) in [6.45, 7) is 2.15. The average Bonchev–Trinajstić information content (AvgIpc) is 2.59. The first-order valence-corrected chi connectivity index (χ1v) is 7.34. The lowest BCUT2D eigenvalue weighted by Gasteiger charge is -2.23. The molecule has 1 heterocycles. The Kier molecular flexibility index (Phi) is 5.30. The maximum atomic E-state index is 12.0. The quantitative estimate of drug-likeness (QED) is 0.740. The summed E-state index contributed by atoms with van der Waals surface area (Å²) in [7, 11) is 0. The van der Waals surface area contributed by atoms with E-state index in [9.17, 15) is 4.79 Å². The second-order valence-corrected chi connectivity index (χ2v) is 5.67. The van der Waals surface area contributed by atoms with Crippen LogP contribution < -0.4 is 10.6 Å². The predicted octanol–water partition coefficient (Wildman–Crippen LogP) is 2.22. The number of hydrogen-bond acceptors (Lipinski definition) is 2. The molecule has 0 bridgehead atoms.